The Bertz CT molecular complexity index is 819. The van der Waals surface area contributed by atoms with Crippen molar-refractivity contribution >= 4 is 55.6 Å². The molecule has 7 heteroatoms. The summed E-state index contributed by atoms with van der Waals surface area (Å²) < 4.78 is 10.6. The third-order valence-electron chi connectivity index (χ3n) is 5.01. The van der Waals surface area contributed by atoms with Crippen molar-refractivity contribution in [2.75, 3.05) is 11.5 Å². The molecule has 180 valence electrons. The molecule has 2 aromatic carbocycles. The largest absolute Gasteiger partial charge is 0.426 e. The first kappa shape index (κ1) is 27.9. The van der Waals surface area contributed by atoms with Crippen molar-refractivity contribution < 1.29 is 19.1 Å². The zero-order valence-corrected chi connectivity index (χ0v) is 23.2. The lowest BCUT2D eigenvalue weighted by molar-refractivity contribution is -0.132. The Balaban J connectivity index is 1.59. The Morgan fingerprint density at radius 1 is 0.727 bits per heavy atom. The van der Waals surface area contributed by atoms with Gasteiger partial charge in [0.25, 0.3) is 0 Å². The molecule has 0 saturated carbocycles. The van der Waals surface area contributed by atoms with Gasteiger partial charge >= 0.3 is 11.9 Å². The van der Waals surface area contributed by atoms with E-state index in [0.29, 0.717) is 11.5 Å². The molecule has 0 saturated heterocycles. The maximum absolute atomic E-state index is 11.3. The topological polar surface area (TPSA) is 52.6 Å². The normalized spacial score (nSPS) is 12.7. The summed E-state index contributed by atoms with van der Waals surface area (Å²) in [5.74, 6) is 3.00. The van der Waals surface area contributed by atoms with Crippen LogP contribution in [0, 0.1) is 0 Å². The van der Waals surface area contributed by atoms with Gasteiger partial charge in [0.1, 0.15) is 11.5 Å². The Hall–Kier alpha value is -1.31. The first-order chi connectivity index (χ1) is 15.9. The number of rotatable bonds is 14. The van der Waals surface area contributed by atoms with Crippen molar-refractivity contribution in [2.45, 2.75) is 62.0 Å². The molecule has 0 aliphatic heterocycles. The number of para-hydroxylation sites is 2. The molecule has 0 fully saturated rings. The second-order valence-electron chi connectivity index (χ2n) is 7.80. The predicted molar refractivity (Wildman–Crippen MR) is 144 cm³/mol. The van der Waals surface area contributed by atoms with Crippen LogP contribution in [0.5, 0.6) is 11.5 Å². The highest BCUT2D eigenvalue weighted by Gasteiger charge is 2.15. The van der Waals surface area contributed by atoms with Crippen molar-refractivity contribution in [3.8, 4) is 11.5 Å². The summed E-state index contributed by atoms with van der Waals surface area (Å²) in [7, 11) is 0. The van der Waals surface area contributed by atoms with E-state index in [9.17, 15) is 9.59 Å². The summed E-state index contributed by atoms with van der Waals surface area (Å²) in [6.07, 6.45) is 6.58. The summed E-state index contributed by atoms with van der Waals surface area (Å²) in [6.45, 7) is 2.86. The minimum atomic E-state index is -0.293. The highest BCUT2D eigenvalue weighted by atomic mass is 79.9. The molecule has 0 heterocycles. The molecule has 0 N–H and O–H groups in total. The maximum Gasteiger partial charge on any atom is 0.308 e. The smallest absolute Gasteiger partial charge is 0.308 e. The Labute approximate surface area is 218 Å². The van der Waals surface area contributed by atoms with Gasteiger partial charge in [0.05, 0.1) is 0 Å². The Morgan fingerprint density at radius 3 is 1.52 bits per heavy atom. The van der Waals surface area contributed by atoms with Crippen LogP contribution in [0.15, 0.2) is 48.5 Å². The second-order valence-corrected chi connectivity index (χ2v) is 11.2. The lowest BCUT2D eigenvalue weighted by Gasteiger charge is -2.14. The molecule has 4 nitrogen and oxygen atoms in total. The van der Waals surface area contributed by atoms with Crippen LogP contribution in [0.3, 0.4) is 0 Å². The average molecular weight is 600 g/mol. The van der Waals surface area contributed by atoms with E-state index < -0.39 is 0 Å². The first-order valence-electron chi connectivity index (χ1n) is 11.3. The van der Waals surface area contributed by atoms with Crippen LogP contribution >= 0.6 is 43.6 Å². The Kier molecular flexibility index (Phi) is 13.2. The van der Waals surface area contributed by atoms with E-state index in [4.69, 9.17) is 9.47 Å². The van der Waals surface area contributed by atoms with Crippen LogP contribution < -0.4 is 9.47 Å². The van der Waals surface area contributed by atoms with E-state index >= 15 is 0 Å². The van der Waals surface area contributed by atoms with Gasteiger partial charge in [0, 0.05) is 34.6 Å². The minimum Gasteiger partial charge on any atom is -0.426 e. The molecule has 2 aromatic rings. The lowest BCUT2D eigenvalue weighted by atomic mass is 10.1. The molecule has 2 unspecified atom stereocenters. The van der Waals surface area contributed by atoms with Gasteiger partial charge in [-0.2, -0.15) is 11.8 Å². The predicted octanol–water partition coefficient (Wildman–Crippen LogP) is 8.18. The fraction of sp³-hybridized carbons (Fsp3) is 0.462. The molecule has 0 amide bonds. The quantitative estimate of drug-likeness (QED) is 0.0948. The molecule has 0 bridgehead atoms. The van der Waals surface area contributed by atoms with E-state index in [2.05, 4.69) is 31.9 Å². The molecular formula is C26H32Br2O4S. The van der Waals surface area contributed by atoms with E-state index in [0.717, 1.165) is 48.3 Å². The van der Waals surface area contributed by atoms with Crippen LogP contribution in [-0.4, -0.2) is 23.4 Å². The van der Waals surface area contributed by atoms with Crippen molar-refractivity contribution in [1.82, 2.24) is 0 Å². The number of halogens is 2. The van der Waals surface area contributed by atoms with E-state index in [-0.39, 0.29) is 21.6 Å². The van der Waals surface area contributed by atoms with Gasteiger partial charge in [0.15, 0.2) is 0 Å². The molecule has 33 heavy (non-hydrogen) atoms. The van der Waals surface area contributed by atoms with Gasteiger partial charge < -0.3 is 9.47 Å². The zero-order chi connectivity index (χ0) is 24.1. The maximum atomic E-state index is 11.3. The average Bonchev–Trinajstić information content (AvgIpc) is 2.77. The molecule has 0 spiro atoms. The van der Waals surface area contributed by atoms with Crippen molar-refractivity contribution in [3.05, 3.63) is 59.7 Å². The summed E-state index contributed by atoms with van der Waals surface area (Å²) in [6, 6.07) is 15.4. The van der Waals surface area contributed by atoms with Gasteiger partial charge in [-0.1, -0.05) is 81.1 Å². The number of benzene rings is 2. The molecule has 0 aromatic heterocycles. The number of carbonyl (C=O) groups is 2. The third-order valence-corrected chi connectivity index (χ3v) is 8.07. The van der Waals surface area contributed by atoms with Crippen LogP contribution in [0.4, 0.5) is 0 Å². The van der Waals surface area contributed by atoms with Crippen LogP contribution in [0.2, 0.25) is 0 Å². The molecule has 0 aliphatic carbocycles. The molecular weight excluding hydrogens is 568 g/mol. The van der Waals surface area contributed by atoms with Gasteiger partial charge in [-0.05, 0) is 49.3 Å². The molecule has 2 atom stereocenters. The standard InChI is InChI=1S/C26H32Br2O4S/c1-19(29)31-25-15-5-3-11-21(25)23(27)13-7-9-17-33-18-10-8-14-24(28)22-12-4-6-16-26(22)32-20(2)30/h3-6,11-12,15-16,23-24H,7-10,13-14,17-18H2,1-2H3. The zero-order valence-electron chi connectivity index (χ0n) is 19.2. The fourth-order valence-corrected chi connectivity index (χ4v) is 5.87. The fourth-order valence-electron chi connectivity index (χ4n) is 3.44. The highest BCUT2D eigenvalue weighted by Crippen LogP contribution is 2.36. The van der Waals surface area contributed by atoms with Gasteiger partial charge in [0.2, 0.25) is 0 Å². The number of carbonyl (C=O) groups excluding carboxylic acids is 2. The number of unbranched alkanes of at least 4 members (excludes halogenated alkanes) is 2. The monoisotopic (exact) mass is 598 g/mol. The van der Waals surface area contributed by atoms with Crippen LogP contribution in [-0.2, 0) is 9.59 Å². The number of hydrogen-bond donors (Lipinski definition) is 0. The van der Waals surface area contributed by atoms with Crippen LogP contribution in [0.25, 0.3) is 0 Å². The third kappa shape index (κ3) is 10.7. The van der Waals surface area contributed by atoms with E-state index in [1.165, 1.54) is 26.7 Å². The van der Waals surface area contributed by atoms with Crippen LogP contribution in [0.1, 0.15) is 73.2 Å². The number of esters is 2. The minimum absolute atomic E-state index is 0.184. The van der Waals surface area contributed by atoms with E-state index in [1.54, 1.807) is 0 Å². The second kappa shape index (κ2) is 15.6. The van der Waals surface area contributed by atoms with Crippen molar-refractivity contribution in [3.63, 3.8) is 0 Å². The summed E-state index contributed by atoms with van der Waals surface area (Å²) >= 11 is 9.50. The molecule has 2 rings (SSSR count). The lowest BCUT2D eigenvalue weighted by Crippen LogP contribution is -2.05. The number of thioether (sulfide) groups is 1. The van der Waals surface area contributed by atoms with Crippen molar-refractivity contribution in [2.24, 2.45) is 0 Å². The summed E-state index contributed by atoms with van der Waals surface area (Å²) in [5, 5.41) is 0. The van der Waals surface area contributed by atoms with E-state index in [1.807, 2.05) is 60.3 Å². The highest BCUT2D eigenvalue weighted by molar-refractivity contribution is 9.09. The van der Waals surface area contributed by atoms with Gasteiger partial charge in [-0.15, -0.1) is 0 Å². The number of alkyl halides is 2. The number of ether oxygens (including phenoxy) is 2. The van der Waals surface area contributed by atoms with Crippen molar-refractivity contribution in [1.29, 1.82) is 0 Å². The summed E-state index contributed by atoms with van der Waals surface area (Å²) in [4.78, 5) is 23.0. The SMILES string of the molecule is CC(=O)Oc1ccccc1C(Br)CCCCSCCCCC(Br)c1ccccc1OC(C)=O. The van der Waals surface area contributed by atoms with Gasteiger partial charge in [-0.3, -0.25) is 9.59 Å². The van der Waals surface area contributed by atoms with Gasteiger partial charge in [-0.25, -0.2) is 0 Å². The number of hydrogen-bond acceptors (Lipinski definition) is 5. The molecule has 0 radical (unpaired) electrons. The first-order valence-corrected chi connectivity index (χ1v) is 14.3. The molecule has 0 aliphatic rings. The summed E-state index contributed by atoms with van der Waals surface area (Å²) in [5.41, 5.74) is 2.06. The Morgan fingerprint density at radius 2 is 1.12 bits per heavy atom.